The Kier molecular flexibility index (Phi) is 4.84. The van der Waals surface area contributed by atoms with E-state index in [9.17, 15) is 9.59 Å². The number of piperidine rings is 1. The number of nitrogens with one attached hydrogen (secondary N) is 1. The number of likely N-dealkylation sites (tertiary alicyclic amines) is 1. The molecule has 1 N–H and O–H groups in total. The van der Waals surface area contributed by atoms with Crippen molar-refractivity contribution < 1.29 is 9.59 Å². The molecule has 88 valence electrons. The maximum Gasteiger partial charge on any atom is 0.223 e. The van der Waals surface area contributed by atoms with Crippen molar-refractivity contribution in [1.82, 2.24) is 10.2 Å². The van der Waals surface area contributed by atoms with Crippen LogP contribution in [-0.4, -0.2) is 36.3 Å². The van der Waals surface area contributed by atoms with Crippen LogP contribution in [-0.2, 0) is 9.59 Å². The minimum atomic E-state index is 0.0355. The maximum absolute atomic E-state index is 11.7. The molecule has 2 amide bonds. The van der Waals surface area contributed by atoms with E-state index >= 15 is 0 Å². The van der Waals surface area contributed by atoms with E-state index in [1.165, 1.54) is 0 Å². The third-order valence-electron chi connectivity index (χ3n) is 2.88. The zero-order valence-corrected chi connectivity index (χ0v) is 9.66. The first-order chi connectivity index (χ1) is 7.65. The second-order valence-electron chi connectivity index (χ2n) is 4.03. The van der Waals surface area contributed by atoms with Crippen molar-refractivity contribution in [3.05, 3.63) is 0 Å². The smallest absolute Gasteiger partial charge is 0.223 e. The maximum atomic E-state index is 11.7. The summed E-state index contributed by atoms with van der Waals surface area (Å²) >= 11 is 0. The summed E-state index contributed by atoms with van der Waals surface area (Å²) in [7, 11) is 0. The molecule has 0 aromatic carbocycles. The number of hydrogen-bond acceptors (Lipinski definition) is 2. The van der Waals surface area contributed by atoms with Crippen LogP contribution in [0.15, 0.2) is 0 Å². The molecule has 1 aliphatic heterocycles. The van der Waals surface area contributed by atoms with Gasteiger partial charge >= 0.3 is 0 Å². The molecule has 0 saturated carbocycles. The average molecular weight is 222 g/mol. The summed E-state index contributed by atoms with van der Waals surface area (Å²) in [4.78, 5) is 24.5. The summed E-state index contributed by atoms with van der Waals surface area (Å²) in [6.07, 6.45) is 7.17. The third-order valence-corrected chi connectivity index (χ3v) is 2.88. The average Bonchev–Trinajstić information content (AvgIpc) is 2.29. The molecule has 0 radical (unpaired) electrons. The van der Waals surface area contributed by atoms with Crippen LogP contribution in [0.3, 0.4) is 0 Å². The van der Waals surface area contributed by atoms with Crippen LogP contribution in [0.4, 0.5) is 0 Å². The minimum absolute atomic E-state index is 0.0355. The zero-order chi connectivity index (χ0) is 12.0. The Morgan fingerprint density at radius 1 is 1.44 bits per heavy atom. The summed E-state index contributed by atoms with van der Waals surface area (Å²) in [5, 5.41) is 2.81. The topological polar surface area (TPSA) is 49.4 Å². The Bertz CT molecular complexity index is 299. The van der Waals surface area contributed by atoms with E-state index < -0.39 is 0 Å². The standard InChI is InChI=1S/C12H18N2O2/c1-3-4-7-13-12(16)11-5-8-14(9-6-11)10(2)15/h1,11H,4-9H2,2H3,(H,13,16). The van der Waals surface area contributed by atoms with Crippen LogP contribution in [0.25, 0.3) is 0 Å². The Labute approximate surface area is 96.4 Å². The molecular weight excluding hydrogens is 204 g/mol. The summed E-state index contributed by atoms with van der Waals surface area (Å²) in [5.41, 5.74) is 0. The van der Waals surface area contributed by atoms with E-state index in [2.05, 4.69) is 11.2 Å². The predicted octanol–water partition coefficient (Wildman–Crippen LogP) is 0.384. The lowest BCUT2D eigenvalue weighted by atomic mass is 9.96. The normalized spacial score (nSPS) is 16.6. The fourth-order valence-corrected chi connectivity index (χ4v) is 1.86. The molecule has 4 heteroatoms. The van der Waals surface area contributed by atoms with Crippen LogP contribution in [0.5, 0.6) is 0 Å². The van der Waals surface area contributed by atoms with Crippen LogP contribution in [0, 0.1) is 18.3 Å². The number of rotatable bonds is 3. The van der Waals surface area contributed by atoms with E-state index in [4.69, 9.17) is 6.42 Å². The molecule has 1 saturated heterocycles. The number of amides is 2. The van der Waals surface area contributed by atoms with Gasteiger partial charge in [0, 0.05) is 38.9 Å². The van der Waals surface area contributed by atoms with Gasteiger partial charge in [-0.3, -0.25) is 9.59 Å². The Morgan fingerprint density at radius 3 is 2.56 bits per heavy atom. The SMILES string of the molecule is C#CCCNC(=O)C1CCN(C(C)=O)CC1. The highest BCUT2D eigenvalue weighted by molar-refractivity contribution is 5.79. The minimum Gasteiger partial charge on any atom is -0.355 e. The fraction of sp³-hybridized carbons (Fsp3) is 0.667. The molecule has 1 rings (SSSR count). The van der Waals surface area contributed by atoms with Gasteiger partial charge in [0.2, 0.25) is 11.8 Å². The zero-order valence-electron chi connectivity index (χ0n) is 9.66. The lowest BCUT2D eigenvalue weighted by Crippen LogP contribution is -2.42. The second kappa shape index (κ2) is 6.16. The number of carbonyl (C=O) groups excluding carboxylic acids is 2. The van der Waals surface area contributed by atoms with Gasteiger partial charge in [-0.15, -0.1) is 12.3 Å². The number of nitrogens with zero attached hydrogens (tertiary/aromatic N) is 1. The van der Waals surface area contributed by atoms with E-state index in [0.717, 1.165) is 12.8 Å². The van der Waals surface area contributed by atoms with Crippen LogP contribution >= 0.6 is 0 Å². The summed E-state index contributed by atoms with van der Waals surface area (Å²) < 4.78 is 0. The van der Waals surface area contributed by atoms with Gasteiger partial charge in [0.05, 0.1) is 0 Å². The van der Waals surface area contributed by atoms with E-state index in [1.54, 1.807) is 11.8 Å². The molecule has 1 aliphatic rings. The van der Waals surface area contributed by atoms with E-state index in [1.807, 2.05) is 0 Å². The highest BCUT2D eigenvalue weighted by Gasteiger charge is 2.25. The van der Waals surface area contributed by atoms with Gasteiger partial charge in [-0.25, -0.2) is 0 Å². The molecule has 0 bridgehead atoms. The quantitative estimate of drug-likeness (QED) is 0.554. The summed E-state index contributed by atoms with van der Waals surface area (Å²) in [6, 6.07) is 0. The first kappa shape index (κ1) is 12.6. The molecule has 0 aromatic rings. The van der Waals surface area contributed by atoms with Crippen molar-refractivity contribution in [3.8, 4) is 12.3 Å². The number of hydrogen-bond donors (Lipinski definition) is 1. The molecule has 0 aliphatic carbocycles. The second-order valence-corrected chi connectivity index (χ2v) is 4.03. The van der Waals surface area contributed by atoms with Gasteiger partial charge in [-0.1, -0.05) is 0 Å². The lowest BCUT2D eigenvalue weighted by Gasteiger charge is -2.30. The number of terminal acetylenes is 1. The molecule has 1 heterocycles. The van der Waals surface area contributed by atoms with E-state index in [-0.39, 0.29) is 17.7 Å². The van der Waals surface area contributed by atoms with Crippen molar-refractivity contribution in [2.45, 2.75) is 26.2 Å². The molecule has 0 atom stereocenters. The number of carbonyl (C=O) groups is 2. The lowest BCUT2D eigenvalue weighted by molar-refractivity contribution is -0.133. The Hall–Kier alpha value is -1.50. The Morgan fingerprint density at radius 2 is 2.06 bits per heavy atom. The molecule has 4 nitrogen and oxygen atoms in total. The van der Waals surface area contributed by atoms with Gasteiger partial charge < -0.3 is 10.2 Å². The van der Waals surface area contributed by atoms with Crippen molar-refractivity contribution in [2.75, 3.05) is 19.6 Å². The molecular formula is C12H18N2O2. The highest BCUT2D eigenvalue weighted by atomic mass is 16.2. The highest BCUT2D eigenvalue weighted by Crippen LogP contribution is 2.17. The van der Waals surface area contributed by atoms with Gasteiger partial charge in [0.1, 0.15) is 0 Å². The largest absolute Gasteiger partial charge is 0.355 e. The fourth-order valence-electron chi connectivity index (χ4n) is 1.86. The third kappa shape index (κ3) is 3.58. The molecule has 16 heavy (non-hydrogen) atoms. The molecule has 0 aromatic heterocycles. The van der Waals surface area contributed by atoms with Gasteiger partial charge in [-0.05, 0) is 12.8 Å². The van der Waals surface area contributed by atoms with Crippen LogP contribution < -0.4 is 5.32 Å². The van der Waals surface area contributed by atoms with Crippen LogP contribution in [0.2, 0.25) is 0 Å². The van der Waals surface area contributed by atoms with Crippen molar-refractivity contribution in [1.29, 1.82) is 0 Å². The molecule has 0 unspecified atom stereocenters. The van der Waals surface area contributed by atoms with Crippen molar-refractivity contribution in [2.24, 2.45) is 5.92 Å². The Balaban J connectivity index is 2.28. The first-order valence-electron chi connectivity index (χ1n) is 5.62. The van der Waals surface area contributed by atoms with E-state index in [0.29, 0.717) is 26.1 Å². The first-order valence-corrected chi connectivity index (χ1v) is 5.62. The van der Waals surface area contributed by atoms with Gasteiger partial charge in [0.25, 0.3) is 0 Å². The van der Waals surface area contributed by atoms with Gasteiger partial charge in [0.15, 0.2) is 0 Å². The van der Waals surface area contributed by atoms with Crippen molar-refractivity contribution >= 4 is 11.8 Å². The predicted molar refractivity (Wildman–Crippen MR) is 61.4 cm³/mol. The van der Waals surface area contributed by atoms with Crippen LogP contribution in [0.1, 0.15) is 26.2 Å². The summed E-state index contributed by atoms with van der Waals surface area (Å²) in [6.45, 7) is 3.47. The summed E-state index contributed by atoms with van der Waals surface area (Å²) in [5.74, 6) is 2.67. The van der Waals surface area contributed by atoms with Gasteiger partial charge in [-0.2, -0.15) is 0 Å². The molecule has 0 spiro atoms. The molecule has 1 fully saturated rings. The monoisotopic (exact) mass is 222 g/mol. The van der Waals surface area contributed by atoms with Crippen molar-refractivity contribution in [3.63, 3.8) is 0 Å².